The Hall–Kier alpha value is -0.530. The zero-order chi connectivity index (χ0) is 15.0. The number of carbonyl (C=O) groups is 1. The van der Waals surface area contributed by atoms with E-state index in [1.807, 2.05) is 4.90 Å². The molecule has 1 atom stereocenters. The van der Waals surface area contributed by atoms with E-state index in [0.717, 1.165) is 51.3 Å². The second kappa shape index (κ2) is 11.1. The summed E-state index contributed by atoms with van der Waals surface area (Å²) in [6.07, 6.45) is 3.68. The van der Waals surface area contributed by atoms with Gasteiger partial charge in [0.1, 0.15) is 0 Å². The molecule has 2 N–H and O–H groups in total. The van der Waals surface area contributed by atoms with Crippen LogP contribution in [0.4, 0.5) is 0 Å². The molecule has 1 aliphatic rings. The van der Waals surface area contributed by atoms with Crippen molar-refractivity contribution in [2.75, 3.05) is 19.6 Å². The Morgan fingerprint density at radius 3 is 2.57 bits per heavy atom. The summed E-state index contributed by atoms with van der Waals surface area (Å²) in [6, 6.07) is 0.714. The number of guanidine groups is 1. The number of aliphatic imine (C=N–C) groups is 1. The van der Waals surface area contributed by atoms with Gasteiger partial charge in [-0.25, -0.2) is 0 Å². The first-order valence-electron chi connectivity index (χ1n) is 7.92. The maximum atomic E-state index is 11.8. The van der Waals surface area contributed by atoms with Crippen LogP contribution >= 0.6 is 24.0 Å². The summed E-state index contributed by atoms with van der Waals surface area (Å²) >= 11 is 0. The van der Waals surface area contributed by atoms with Crippen LogP contribution in [-0.2, 0) is 4.79 Å². The van der Waals surface area contributed by atoms with Crippen molar-refractivity contribution in [1.82, 2.24) is 15.5 Å². The Kier molecular flexibility index (Phi) is 10.8. The highest BCUT2D eigenvalue weighted by molar-refractivity contribution is 14.0. The summed E-state index contributed by atoms with van der Waals surface area (Å²) in [5, 5.41) is 6.55. The van der Waals surface area contributed by atoms with Crippen molar-refractivity contribution in [2.24, 2.45) is 4.99 Å². The second-order valence-electron chi connectivity index (χ2n) is 5.60. The molecule has 0 bridgehead atoms. The van der Waals surface area contributed by atoms with Crippen LogP contribution in [0.2, 0.25) is 0 Å². The standard InChI is InChI=1S/C15H30N4O.HI/c1-5-13(19-11-7-8-14(19)20)9-10-17-15(16-6-2)18-12(3)4;/h12-13H,5-11H2,1-4H3,(H2,16,17,18);1H. The highest BCUT2D eigenvalue weighted by Crippen LogP contribution is 2.17. The van der Waals surface area contributed by atoms with Crippen LogP contribution in [0.1, 0.15) is 53.4 Å². The summed E-state index contributed by atoms with van der Waals surface area (Å²) in [4.78, 5) is 18.4. The van der Waals surface area contributed by atoms with E-state index >= 15 is 0 Å². The van der Waals surface area contributed by atoms with Gasteiger partial charge >= 0.3 is 0 Å². The Morgan fingerprint density at radius 1 is 1.38 bits per heavy atom. The fourth-order valence-electron chi connectivity index (χ4n) is 2.55. The maximum absolute atomic E-state index is 11.8. The number of nitrogens with one attached hydrogen (secondary N) is 2. The lowest BCUT2D eigenvalue weighted by molar-refractivity contribution is -0.129. The van der Waals surface area contributed by atoms with Crippen LogP contribution in [0.5, 0.6) is 0 Å². The van der Waals surface area contributed by atoms with Crippen molar-refractivity contribution in [3.05, 3.63) is 0 Å². The van der Waals surface area contributed by atoms with Gasteiger partial charge in [0.25, 0.3) is 0 Å². The first-order chi connectivity index (χ1) is 9.58. The quantitative estimate of drug-likeness (QED) is 0.385. The Balaban J connectivity index is 0.00000400. The molecule has 0 saturated carbocycles. The average molecular weight is 410 g/mol. The van der Waals surface area contributed by atoms with E-state index in [-0.39, 0.29) is 24.0 Å². The third-order valence-corrected chi connectivity index (χ3v) is 3.52. The van der Waals surface area contributed by atoms with Crippen molar-refractivity contribution in [3.8, 4) is 0 Å². The van der Waals surface area contributed by atoms with Crippen molar-refractivity contribution in [3.63, 3.8) is 0 Å². The van der Waals surface area contributed by atoms with Gasteiger partial charge < -0.3 is 15.5 Å². The number of nitrogens with zero attached hydrogens (tertiary/aromatic N) is 2. The number of hydrogen-bond acceptors (Lipinski definition) is 2. The molecular weight excluding hydrogens is 379 g/mol. The minimum absolute atomic E-state index is 0. The molecule has 0 aromatic heterocycles. The van der Waals surface area contributed by atoms with E-state index in [1.165, 1.54) is 0 Å². The number of halogens is 1. The third kappa shape index (κ3) is 7.33. The summed E-state index contributed by atoms with van der Waals surface area (Å²) in [5.41, 5.74) is 0. The van der Waals surface area contributed by atoms with Gasteiger partial charge in [0.2, 0.25) is 5.91 Å². The molecule has 5 nitrogen and oxygen atoms in total. The van der Waals surface area contributed by atoms with E-state index in [1.54, 1.807) is 0 Å². The molecule has 1 heterocycles. The molecule has 0 aromatic rings. The van der Waals surface area contributed by atoms with Crippen molar-refractivity contribution < 1.29 is 4.79 Å². The molecule has 1 aliphatic heterocycles. The Morgan fingerprint density at radius 2 is 2.10 bits per heavy atom. The average Bonchev–Trinajstić information content (AvgIpc) is 2.80. The summed E-state index contributed by atoms with van der Waals surface area (Å²) in [6.45, 7) is 11.0. The van der Waals surface area contributed by atoms with Crippen LogP contribution in [-0.4, -0.2) is 48.5 Å². The fourth-order valence-corrected chi connectivity index (χ4v) is 2.55. The molecule has 0 aliphatic carbocycles. The van der Waals surface area contributed by atoms with E-state index in [4.69, 9.17) is 0 Å². The normalized spacial score (nSPS) is 16.9. The lowest BCUT2D eigenvalue weighted by Gasteiger charge is -2.26. The van der Waals surface area contributed by atoms with Crippen LogP contribution in [0.25, 0.3) is 0 Å². The number of carbonyl (C=O) groups excluding carboxylic acids is 1. The topological polar surface area (TPSA) is 56.7 Å². The highest BCUT2D eigenvalue weighted by Gasteiger charge is 2.26. The van der Waals surface area contributed by atoms with Crippen molar-refractivity contribution in [1.29, 1.82) is 0 Å². The van der Waals surface area contributed by atoms with Gasteiger partial charge in [-0.2, -0.15) is 0 Å². The molecule has 1 rings (SSSR count). The predicted octanol–water partition coefficient (Wildman–Crippen LogP) is 2.36. The molecule has 0 spiro atoms. The fraction of sp³-hybridized carbons (Fsp3) is 0.867. The minimum Gasteiger partial charge on any atom is -0.357 e. The molecule has 1 unspecified atom stereocenters. The van der Waals surface area contributed by atoms with Gasteiger partial charge in [-0.1, -0.05) is 6.92 Å². The van der Waals surface area contributed by atoms with E-state index in [9.17, 15) is 4.79 Å². The van der Waals surface area contributed by atoms with E-state index in [2.05, 4.69) is 43.3 Å². The Labute approximate surface area is 146 Å². The van der Waals surface area contributed by atoms with Gasteiger partial charge in [-0.3, -0.25) is 9.79 Å². The number of hydrogen-bond donors (Lipinski definition) is 2. The van der Waals surface area contributed by atoms with Crippen LogP contribution in [0.3, 0.4) is 0 Å². The van der Waals surface area contributed by atoms with Gasteiger partial charge in [0, 0.05) is 38.1 Å². The molecule has 0 radical (unpaired) electrons. The van der Waals surface area contributed by atoms with Gasteiger partial charge in [0.15, 0.2) is 5.96 Å². The van der Waals surface area contributed by atoms with Gasteiger partial charge in [-0.15, -0.1) is 24.0 Å². The lowest BCUT2D eigenvalue weighted by atomic mass is 10.1. The largest absolute Gasteiger partial charge is 0.357 e. The first kappa shape index (κ1) is 20.5. The SMILES string of the molecule is CCNC(=NCCC(CC)N1CCCC1=O)NC(C)C.I. The predicted molar refractivity (Wildman–Crippen MR) is 99.3 cm³/mol. The maximum Gasteiger partial charge on any atom is 0.222 e. The molecule has 1 fully saturated rings. The molecule has 124 valence electrons. The third-order valence-electron chi connectivity index (χ3n) is 3.52. The molecule has 1 amide bonds. The van der Waals surface area contributed by atoms with Crippen LogP contribution < -0.4 is 10.6 Å². The molecule has 1 saturated heterocycles. The summed E-state index contributed by atoms with van der Waals surface area (Å²) < 4.78 is 0. The zero-order valence-electron chi connectivity index (χ0n) is 13.8. The number of likely N-dealkylation sites (tertiary alicyclic amines) is 1. The number of amides is 1. The van der Waals surface area contributed by atoms with Crippen molar-refractivity contribution >= 4 is 35.8 Å². The van der Waals surface area contributed by atoms with Gasteiger partial charge in [-0.05, 0) is 40.0 Å². The van der Waals surface area contributed by atoms with Gasteiger partial charge in [0.05, 0.1) is 0 Å². The molecule has 6 heteroatoms. The zero-order valence-corrected chi connectivity index (χ0v) is 16.1. The monoisotopic (exact) mass is 410 g/mol. The molecule has 21 heavy (non-hydrogen) atoms. The lowest BCUT2D eigenvalue weighted by Crippen LogP contribution is -2.41. The van der Waals surface area contributed by atoms with Crippen LogP contribution in [0, 0.1) is 0 Å². The molecular formula is C15H31IN4O. The van der Waals surface area contributed by atoms with E-state index < -0.39 is 0 Å². The number of rotatable bonds is 7. The Bertz CT molecular complexity index is 334. The summed E-state index contributed by atoms with van der Waals surface area (Å²) in [7, 11) is 0. The van der Waals surface area contributed by atoms with Crippen LogP contribution in [0.15, 0.2) is 4.99 Å². The van der Waals surface area contributed by atoms with E-state index in [0.29, 0.717) is 18.0 Å². The summed E-state index contributed by atoms with van der Waals surface area (Å²) in [5.74, 6) is 1.18. The highest BCUT2D eigenvalue weighted by atomic mass is 127. The molecule has 0 aromatic carbocycles. The first-order valence-corrected chi connectivity index (χ1v) is 7.92. The minimum atomic E-state index is 0. The van der Waals surface area contributed by atoms with Crippen molar-refractivity contribution in [2.45, 2.75) is 65.5 Å². The smallest absolute Gasteiger partial charge is 0.222 e. The second-order valence-corrected chi connectivity index (χ2v) is 5.60.